The van der Waals surface area contributed by atoms with E-state index >= 15 is 0 Å². The van der Waals surface area contributed by atoms with Gasteiger partial charge in [-0.25, -0.2) is 4.98 Å². The maximum absolute atomic E-state index is 5.67. The molecular formula is C13H16N2OS2. The van der Waals surface area contributed by atoms with Crippen molar-refractivity contribution in [3.63, 3.8) is 0 Å². The minimum atomic E-state index is 0.652. The number of methoxy groups -OCH3 is 1. The summed E-state index contributed by atoms with van der Waals surface area (Å²) in [5.41, 5.74) is 8.03. The van der Waals surface area contributed by atoms with E-state index in [1.165, 1.54) is 9.77 Å². The van der Waals surface area contributed by atoms with Crippen molar-refractivity contribution in [3.05, 3.63) is 35.5 Å². The van der Waals surface area contributed by atoms with Gasteiger partial charge in [0.25, 0.3) is 0 Å². The summed E-state index contributed by atoms with van der Waals surface area (Å²) in [6.45, 7) is 2.00. The zero-order valence-corrected chi connectivity index (χ0v) is 12.1. The van der Waals surface area contributed by atoms with E-state index in [-0.39, 0.29) is 0 Å². The van der Waals surface area contributed by atoms with Crippen LogP contribution < -0.4 is 10.5 Å². The Morgan fingerprint density at radius 1 is 1.33 bits per heavy atom. The van der Waals surface area contributed by atoms with Crippen LogP contribution in [0.15, 0.2) is 28.5 Å². The predicted molar refractivity (Wildman–Crippen MR) is 78.7 cm³/mol. The van der Waals surface area contributed by atoms with Crippen LogP contribution in [0.25, 0.3) is 0 Å². The van der Waals surface area contributed by atoms with Crippen molar-refractivity contribution in [2.75, 3.05) is 18.6 Å². The summed E-state index contributed by atoms with van der Waals surface area (Å²) in [6, 6.07) is 8.20. The summed E-state index contributed by atoms with van der Waals surface area (Å²) in [4.78, 5) is 4.22. The number of ether oxygens (including phenoxy) is 1. The van der Waals surface area contributed by atoms with Crippen LogP contribution in [-0.2, 0) is 6.42 Å². The molecule has 0 amide bonds. The number of thiazole rings is 1. The van der Waals surface area contributed by atoms with Crippen molar-refractivity contribution >= 4 is 28.2 Å². The van der Waals surface area contributed by atoms with Crippen LogP contribution in [0, 0.1) is 6.92 Å². The molecule has 0 saturated heterocycles. The summed E-state index contributed by atoms with van der Waals surface area (Å²) >= 11 is 3.38. The Morgan fingerprint density at radius 2 is 2.06 bits per heavy atom. The number of nitrogens with zero attached hydrogens (tertiary/aromatic N) is 1. The van der Waals surface area contributed by atoms with E-state index in [1.807, 2.05) is 30.8 Å². The molecule has 96 valence electrons. The molecule has 1 aromatic heterocycles. The van der Waals surface area contributed by atoms with Crippen molar-refractivity contribution in [1.29, 1.82) is 0 Å². The molecule has 0 atom stereocenters. The lowest BCUT2D eigenvalue weighted by Crippen LogP contribution is -1.89. The normalized spacial score (nSPS) is 10.6. The number of aryl methyl sites for hydroxylation is 2. The van der Waals surface area contributed by atoms with Crippen LogP contribution in [-0.4, -0.2) is 17.8 Å². The standard InChI is InChI=1S/C13H16N2OS2/c1-9-12(18-13(14)15-9)17-8-7-10-3-5-11(16-2)6-4-10/h3-6H,7-8H2,1-2H3,(H2,14,15). The van der Waals surface area contributed by atoms with Gasteiger partial charge in [0.05, 0.1) is 17.0 Å². The fourth-order valence-corrected chi connectivity index (χ4v) is 3.68. The lowest BCUT2D eigenvalue weighted by Gasteiger charge is -2.03. The first kappa shape index (κ1) is 13.2. The van der Waals surface area contributed by atoms with Crippen molar-refractivity contribution in [3.8, 4) is 5.75 Å². The molecule has 5 heteroatoms. The largest absolute Gasteiger partial charge is 0.497 e. The fourth-order valence-electron chi connectivity index (χ4n) is 1.59. The van der Waals surface area contributed by atoms with Crippen molar-refractivity contribution in [2.24, 2.45) is 0 Å². The van der Waals surface area contributed by atoms with Crippen LogP contribution in [0.3, 0.4) is 0 Å². The second kappa shape index (κ2) is 6.11. The second-order valence-electron chi connectivity index (χ2n) is 3.87. The Bertz CT molecular complexity index is 508. The van der Waals surface area contributed by atoms with Gasteiger partial charge in [0.1, 0.15) is 5.75 Å². The molecule has 18 heavy (non-hydrogen) atoms. The number of aromatic nitrogens is 1. The molecule has 0 spiro atoms. The molecule has 0 bridgehead atoms. The minimum Gasteiger partial charge on any atom is -0.497 e. The molecule has 0 saturated carbocycles. The first-order valence-corrected chi connectivity index (χ1v) is 7.48. The van der Waals surface area contributed by atoms with Gasteiger partial charge in [-0.2, -0.15) is 0 Å². The maximum atomic E-state index is 5.67. The van der Waals surface area contributed by atoms with Crippen molar-refractivity contribution in [1.82, 2.24) is 4.98 Å². The number of rotatable bonds is 5. The first-order valence-electron chi connectivity index (χ1n) is 5.67. The zero-order chi connectivity index (χ0) is 13.0. The molecule has 0 radical (unpaired) electrons. The lowest BCUT2D eigenvalue weighted by molar-refractivity contribution is 0.414. The topological polar surface area (TPSA) is 48.1 Å². The van der Waals surface area contributed by atoms with Gasteiger partial charge in [0, 0.05) is 5.75 Å². The number of nitrogens with two attached hydrogens (primary N) is 1. The van der Waals surface area contributed by atoms with Gasteiger partial charge < -0.3 is 10.5 Å². The SMILES string of the molecule is COc1ccc(CCSc2sc(N)nc2C)cc1. The van der Waals surface area contributed by atoms with E-state index in [4.69, 9.17) is 10.5 Å². The van der Waals surface area contributed by atoms with Crippen LogP contribution in [0.4, 0.5) is 5.13 Å². The minimum absolute atomic E-state index is 0.652. The Morgan fingerprint density at radius 3 is 2.61 bits per heavy atom. The highest BCUT2D eigenvalue weighted by molar-refractivity contribution is 8.01. The third kappa shape index (κ3) is 3.40. The predicted octanol–water partition coefficient (Wildman–Crippen LogP) is 3.38. The molecule has 0 unspecified atom stereocenters. The fraction of sp³-hybridized carbons (Fsp3) is 0.308. The summed E-state index contributed by atoms with van der Waals surface area (Å²) in [5, 5.41) is 0.652. The van der Waals surface area contributed by atoms with Crippen LogP contribution >= 0.6 is 23.1 Å². The van der Waals surface area contributed by atoms with E-state index < -0.39 is 0 Å². The number of thioether (sulfide) groups is 1. The number of benzene rings is 1. The van der Waals surface area contributed by atoms with Gasteiger partial charge in [-0.1, -0.05) is 23.5 Å². The third-order valence-corrected chi connectivity index (χ3v) is 4.90. The summed E-state index contributed by atoms with van der Waals surface area (Å²) in [5.74, 6) is 1.94. The Hall–Kier alpha value is -1.20. The Labute approximate surface area is 115 Å². The van der Waals surface area contributed by atoms with Gasteiger partial charge in [-0.05, 0) is 31.0 Å². The highest BCUT2D eigenvalue weighted by Gasteiger charge is 2.05. The molecule has 0 aliphatic rings. The lowest BCUT2D eigenvalue weighted by atomic mass is 10.2. The van der Waals surface area contributed by atoms with Crippen LogP contribution in [0.5, 0.6) is 5.75 Å². The average molecular weight is 280 g/mol. The summed E-state index contributed by atoms with van der Waals surface area (Å²) < 4.78 is 6.36. The summed E-state index contributed by atoms with van der Waals surface area (Å²) in [7, 11) is 1.68. The number of anilines is 1. The van der Waals surface area contributed by atoms with Crippen LogP contribution in [0.2, 0.25) is 0 Å². The number of hydrogen-bond acceptors (Lipinski definition) is 5. The van der Waals surface area contributed by atoms with E-state index in [9.17, 15) is 0 Å². The number of nitrogen functional groups attached to an aromatic ring is 1. The molecule has 0 fully saturated rings. The molecule has 2 rings (SSSR count). The average Bonchev–Trinajstić information content (AvgIpc) is 2.69. The van der Waals surface area contributed by atoms with Gasteiger partial charge in [-0.15, -0.1) is 11.8 Å². The summed E-state index contributed by atoms with van der Waals surface area (Å²) in [6.07, 6.45) is 1.03. The van der Waals surface area contributed by atoms with Gasteiger partial charge in [0.15, 0.2) is 5.13 Å². The molecule has 1 aromatic carbocycles. The molecule has 0 aliphatic carbocycles. The van der Waals surface area contributed by atoms with E-state index in [2.05, 4.69) is 17.1 Å². The van der Waals surface area contributed by atoms with Gasteiger partial charge in [-0.3, -0.25) is 0 Å². The third-order valence-electron chi connectivity index (χ3n) is 2.55. The van der Waals surface area contributed by atoms with Gasteiger partial charge >= 0.3 is 0 Å². The molecular weight excluding hydrogens is 264 g/mol. The highest BCUT2D eigenvalue weighted by Crippen LogP contribution is 2.30. The van der Waals surface area contributed by atoms with E-state index in [0.717, 1.165) is 23.6 Å². The van der Waals surface area contributed by atoms with E-state index in [0.29, 0.717) is 5.13 Å². The van der Waals surface area contributed by atoms with Gasteiger partial charge in [0.2, 0.25) is 0 Å². The maximum Gasteiger partial charge on any atom is 0.181 e. The molecule has 0 aliphatic heterocycles. The molecule has 3 nitrogen and oxygen atoms in total. The molecule has 2 N–H and O–H groups in total. The Balaban J connectivity index is 1.86. The Kier molecular flexibility index (Phi) is 4.49. The van der Waals surface area contributed by atoms with E-state index in [1.54, 1.807) is 18.4 Å². The highest BCUT2D eigenvalue weighted by atomic mass is 32.2. The van der Waals surface area contributed by atoms with Crippen molar-refractivity contribution < 1.29 is 4.74 Å². The van der Waals surface area contributed by atoms with Crippen LogP contribution in [0.1, 0.15) is 11.3 Å². The molecule has 2 aromatic rings. The second-order valence-corrected chi connectivity index (χ2v) is 6.27. The quantitative estimate of drug-likeness (QED) is 0.853. The smallest absolute Gasteiger partial charge is 0.181 e. The molecule has 1 heterocycles. The monoisotopic (exact) mass is 280 g/mol. The zero-order valence-electron chi connectivity index (χ0n) is 10.5. The first-order chi connectivity index (χ1) is 8.69. The van der Waals surface area contributed by atoms with Crippen molar-refractivity contribution in [2.45, 2.75) is 17.6 Å². The number of hydrogen-bond donors (Lipinski definition) is 1.